The number of piperidine rings is 1. The molecule has 2 amide bonds. The second kappa shape index (κ2) is 10.7. The molecular weight excluding hydrogens is 428 g/mol. The largest absolute Gasteiger partial charge is 0.389 e. The van der Waals surface area contributed by atoms with Gasteiger partial charge in [0, 0.05) is 50.3 Å². The average Bonchev–Trinajstić information content (AvgIpc) is 3.19. The molecule has 0 saturated carbocycles. The van der Waals surface area contributed by atoms with Crippen LogP contribution in [0, 0.1) is 17.6 Å². The Morgan fingerprint density at radius 2 is 1.87 bits per heavy atom. The average molecular weight is 458 g/mol. The molecule has 6 nitrogen and oxygen atoms in total. The van der Waals surface area contributed by atoms with Crippen molar-refractivity contribution >= 4 is 23.6 Å². The summed E-state index contributed by atoms with van der Waals surface area (Å²) in [7, 11) is 0. The van der Waals surface area contributed by atoms with Crippen LogP contribution in [0.15, 0.2) is 18.2 Å². The predicted molar refractivity (Wildman–Crippen MR) is 113 cm³/mol. The molecule has 2 aliphatic rings. The molecule has 2 aliphatic heterocycles. The summed E-state index contributed by atoms with van der Waals surface area (Å²) in [4.78, 5) is 26.3. The Hall–Kier alpha value is -1.77. The predicted octanol–water partition coefficient (Wildman–Crippen LogP) is 2.62. The number of carbonyl (C=O) groups excluding carboxylic acids is 2. The molecule has 4 atom stereocenters. The molecule has 31 heavy (non-hydrogen) atoms. The van der Waals surface area contributed by atoms with Crippen molar-refractivity contribution in [3.63, 3.8) is 0 Å². The highest BCUT2D eigenvalue weighted by molar-refractivity contribution is 6.21. The van der Waals surface area contributed by atoms with Gasteiger partial charge in [-0.2, -0.15) is 0 Å². The van der Waals surface area contributed by atoms with Gasteiger partial charge in [0.15, 0.2) is 0 Å². The first-order valence-corrected chi connectivity index (χ1v) is 11.2. The van der Waals surface area contributed by atoms with Crippen molar-refractivity contribution in [1.29, 1.82) is 0 Å². The van der Waals surface area contributed by atoms with Crippen molar-refractivity contribution in [2.24, 2.45) is 5.92 Å². The zero-order valence-electron chi connectivity index (χ0n) is 17.7. The standard InChI is InChI=1S/C22H30ClF2N3O3/c1-14(29)28(23)20(10-15-7-17(24)12-18(25)8-15)22(31)19-9-16(13-26-19)11-21(30)27-5-3-2-4-6-27/h7-8,12,16,19-20,22,26,31H,2-6,9-11,13H2,1H3/t16-,19-,20+,22-/m1/s1. The number of nitrogens with zero attached hydrogens (tertiary/aromatic N) is 2. The van der Waals surface area contributed by atoms with Crippen LogP contribution in [0.25, 0.3) is 0 Å². The van der Waals surface area contributed by atoms with Crippen LogP contribution < -0.4 is 5.32 Å². The van der Waals surface area contributed by atoms with E-state index in [0.717, 1.165) is 55.0 Å². The van der Waals surface area contributed by atoms with E-state index in [1.54, 1.807) is 0 Å². The van der Waals surface area contributed by atoms with Crippen LogP contribution >= 0.6 is 11.8 Å². The Labute approximate surface area is 186 Å². The van der Waals surface area contributed by atoms with Gasteiger partial charge in [-0.3, -0.25) is 9.59 Å². The summed E-state index contributed by atoms with van der Waals surface area (Å²) in [6, 6.07) is 1.82. The van der Waals surface area contributed by atoms with E-state index in [1.807, 2.05) is 4.90 Å². The number of aliphatic hydroxyl groups is 1. The number of hydrogen-bond donors (Lipinski definition) is 2. The first kappa shape index (κ1) is 23.9. The number of halogens is 3. The van der Waals surface area contributed by atoms with E-state index < -0.39 is 29.7 Å². The molecule has 2 saturated heterocycles. The number of likely N-dealkylation sites (tertiary alicyclic amines) is 1. The zero-order valence-corrected chi connectivity index (χ0v) is 18.5. The number of rotatable bonds is 7. The molecule has 0 spiro atoms. The van der Waals surface area contributed by atoms with Gasteiger partial charge in [0.05, 0.1) is 12.1 Å². The quantitative estimate of drug-likeness (QED) is 0.617. The van der Waals surface area contributed by atoms with Crippen LogP contribution in [-0.2, 0) is 16.0 Å². The lowest BCUT2D eigenvalue weighted by Crippen LogP contribution is -2.50. The molecule has 0 aliphatic carbocycles. The van der Waals surface area contributed by atoms with Gasteiger partial charge in [-0.25, -0.2) is 13.2 Å². The third-order valence-electron chi connectivity index (χ3n) is 6.19. The monoisotopic (exact) mass is 457 g/mol. The first-order chi connectivity index (χ1) is 14.7. The molecular formula is C22H30ClF2N3O3. The lowest BCUT2D eigenvalue weighted by Gasteiger charge is -2.32. The number of hydrogen-bond acceptors (Lipinski definition) is 4. The van der Waals surface area contributed by atoms with E-state index in [-0.39, 0.29) is 24.3 Å². The summed E-state index contributed by atoms with van der Waals surface area (Å²) < 4.78 is 28.1. The normalized spacial score (nSPS) is 23.5. The van der Waals surface area contributed by atoms with E-state index in [0.29, 0.717) is 24.9 Å². The first-order valence-electron chi connectivity index (χ1n) is 10.8. The Morgan fingerprint density at radius 1 is 1.23 bits per heavy atom. The minimum Gasteiger partial charge on any atom is -0.389 e. The van der Waals surface area contributed by atoms with Gasteiger partial charge in [-0.15, -0.1) is 0 Å². The molecule has 0 bridgehead atoms. The third kappa shape index (κ3) is 6.37. The number of aliphatic hydroxyl groups excluding tert-OH is 1. The van der Waals surface area contributed by atoms with Gasteiger partial charge in [0.1, 0.15) is 11.6 Å². The highest BCUT2D eigenvalue weighted by Gasteiger charge is 2.38. The van der Waals surface area contributed by atoms with Crippen LogP contribution in [0.3, 0.4) is 0 Å². The van der Waals surface area contributed by atoms with Crippen LogP contribution in [0.1, 0.15) is 44.6 Å². The van der Waals surface area contributed by atoms with E-state index in [4.69, 9.17) is 11.8 Å². The van der Waals surface area contributed by atoms with Crippen LogP contribution in [0.4, 0.5) is 8.78 Å². The maximum atomic E-state index is 13.6. The van der Waals surface area contributed by atoms with Gasteiger partial charge in [-0.05, 0) is 62.3 Å². The fourth-order valence-corrected chi connectivity index (χ4v) is 4.77. The maximum absolute atomic E-state index is 13.6. The van der Waals surface area contributed by atoms with Gasteiger partial charge < -0.3 is 15.3 Å². The van der Waals surface area contributed by atoms with Crippen LogP contribution in [0.5, 0.6) is 0 Å². The summed E-state index contributed by atoms with van der Waals surface area (Å²) in [6.07, 6.45) is 3.12. The van der Waals surface area contributed by atoms with E-state index >= 15 is 0 Å². The van der Waals surface area contributed by atoms with Crippen LogP contribution in [0.2, 0.25) is 0 Å². The molecule has 2 N–H and O–H groups in total. The summed E-state index contributed by atoms with van der Waals surface area (Å²) in [5.74, 6) is -1.74. The molecule has 2 heterocycles. The Balaban J connectivity index is 1.64. The third-order valence-corrected chi connectivity index (χ3v) is 6.68. The molecule has 0 aromatic heterocycles. The van der Waals surface area contributed by atoms with Crippen molar-refractivity contribution in [1.82, 2.24) is 14.6 Å². The fourth-order valence-electron chi connectivity index (χ4n) is 4.59. The second-order valence-corrected chi connectivity index (χ2v) is 9.00. The summed E-state index contributed by atoms with van der Waals surface area (Å²) in [5, 5.41) is 14.2. The van der Waals surface area contributed by atoms with Gasteiger partial charge in [0.2, 0.25) is 11.8 Å². The number of benzene rings is 1. The molecule has 3 rings (SSSR count). The molecule has 1 aromatic carbocycles. The molecule has 172 valence electrons. The van der Waals surface area contributed by atoms with Crippen molar-refractivity contribution in [3.05, 3.63) is 35.4 Å². The van der Waals surface area contributed by atoms with Crippen molar-refractivity contribution < 1.29 is 23.5 Å². The Kier molecular flexibility index (Phi) is 8.24. The highest BCUT2D eigenvalue weighted by atomic mass is 35.5. The maximum Gasteiger partial charge on any atom is 0.234 e. The molecule has 1 aromatic rings. The number of nitrogens with one attached hydrogen (secondary N) is 1. The molecule has 9 heteroatoms. The topological polar surface area (TPSA) is 72.9 Å². The van der Waals surface area contributed by atoms with Crippen molar-refractivity contribution in [3.8, 4) is 0 Å². The van der Waals surface area contributed by atoms with E-state index in [1.165, 1.54) is 6.92 Å². The SMILES string of the molecule is CC(=O)N(Cl)[C@@H](Cc1cc(F)cc(F)c1)[C@H](O)[C@H]1C[C@H](CC(=O)N2CCCCC2)CN1. The number of amides is 2. The lowest BCUT2D eigenvalue weighted by molar-refractivity contribution is -0.133. The smallest absolute Gasteiger partial charge is 0.234 e. The minimum absolute atomic E-state index is 0.00547. The van der Waals surface area contributed by atoms with Gasteiger partial charge in [0.25, 0.3) is 0 Å². The Bertz CT molecular complexity index is 771. The lowest BCUT2D eigenvalue weighted by atomic mass is 9.92. The van der Waals surface area contributed by atoms with E-state index in [2.05, 4.69) is 5.32 Å². The molecule has 0 radical (unpaired) electrons. The summed E-state index contributed by atoms with van der Waals surface area (Å²) >= 11 is 6.15. The summed E-state index contributed by atoms with van der Waals surface area (Å²) in [6.45, 7) is 3.44. The van der Waals surface area contributed by atoms with Crippen LogP contribution in [-0.4, -0.2) is 64.1 Å². The Morgan fingerprint density at radius 3 is 2.48 bits per heavy atom. The zero-order chi connectivity index (χ0) is 22.5. The van der Waals surface area contributed by atoms with Gasteiger partial charge >= 0.3 is 0 Å². The molecule has 2 fully saturated rings. The fraction of sp³-hybridized carbons (Fsp3) is 0.636. The minimum atomic E-state index is -1.07. The van der Waals surface area contributed by atoms with Crippen molar-refractivity contribution in [2.45, 2.75) is 63.6 Å². The number of carbonyl (C=O) groups is 2. The van der Waals surface area contributed by atoms with Crippen molar-refractivity contribution in [2.75, 3.05) is 19.6 Å². The van der Waals surface area contributed by atoms with Gasteiger partial charge in [-0.1, -0.05) is 0 Å². The molecule has 0 unspecified atom stereocenters. The highest BCUT2D eigenvalue weighted by Crippen LogP contribution is 2.26. The second-order valence-electron chi connectivity index (χ2n) is 8.63. The van der Waals surface area contributed by atoms with E-state index in [9.17, 15) is 23.5 Å². The summed E-state index contributed by atoms with van der Waals surface area (Å²) in [5.41, 5.74) is 0.295.